The van der Waals surface area contributed by atoms with E-state index in [9.17, 15) is 19.3 Å². The Balaban J connectivity index is 1.28. The molecule has 4 rings (SSSR count). The number of nitrogens with one attached hydrogen (secondary N) is 1. The maximum atomic E-state index is 16.5. The van der Waals surface area contributed by atoms with E-state index in [1.54, 1.807) is 24.3 Å². The van der Waals surface area contributed by atoms with E-state index in [2.05, 4.69) is 58.2 Å². The lowest BCUT2D eigenvalue weighted by atomic mass is 9.98. The molecule has 0 spiro atoms. The second-order valence-electron chi connectivity index (χ2n) is 20.3. The van der Waals surface area contributed by atoms with Crippen molar-refractivity contribution in [3.05, 3.63) is 60.5 Å². The Morgan fingerprint density at radius 1 is 0.800 bits per heavy atom. The summed E-state index contributed by atoms with van der Waals surface area (Å²) in [6, 6.07) is 5.53. The summed E-state index contributed by atoms with van der Waals surface area (Å²) in [6.07, 6.45) is 36.1. The van der Waals surface area contributed by atoms with E-state index < -0.39 is 50.5 Å². The Morgan fingerprint density at radius 3 is 1.89 bits per heavy atom. The number of aromatic nitrogens is 4. The molecule has 16 nitrogen and oxygen atoms in total. The Labute approximate surface area is 447 Å². The van der Waals surface area contributed by atoms with Crippen molar-refractivity contribution >= 4 is 42.6 Å². The molecule has 0 saturated carbocycles. The molecule has 422 valence electrons. The highest BCUT2D eigenvalue weighted by atomic mass is 31.2. The average molecular weight is 1070 g/mol. The number of nitrogens with two attached hydrogens (primary N) is 2. The molecule has 1 aliphatic rings. The van der Waals surface area contributed by atoms with Gasteiger partial charge in [0.25, 0.3) is 0 Å². The Hall–Kier alpha value is -4.41. The van der Waals surface area contributed by atoms with Crippen LogP contribution in [0.3, 0.4) is 0 Å². The summed E-state index contributed by atoms with van der Waals surface area (Å²) in [4.78, 5) is 38.5. The number of alkyl halides is 1. The molecule has 3 aromatic rings. The second kappa shape index (κ2) is 35.8. The Kier molecular flexibility index (Phi) is 30.2. The van der Waals surface area contributed by atoms with Crippen molar-refractivity contribution in [1.29, 1.82) is 0 Å². The van der Waals surface area contributed by atoms with E-state index in [-0.39, 0.29) is 54.1 Å². The molecule has 0 amide bonds. The third-order valence-corrected chi connectivity index (χ3v) is 15.3. The number of halogens is 1. The van der Waals surface area contributed by atoms with Crippen LogP contribution in [-0.4, -0.2) is 80.3 Å². The number of para-hydroxylation sites is 1. The van der Waals surface area contributed by atoms with Crippen LogP contribution in [0.5, 0.6) is 5.75 Å². The Morgan fingerprint density at radius 2 is 1.32 bits per heavy atom. The zero-order chi connectivity index (χ0) is 54.2. The van der Waals surface area contributed by atoms with Gasteiger partial charge in [0.1, 0.15) is 29.5 Å². The Bertz CT molecular complexity index is 2190. The summed E-state index contributed by atoms with van der Waals surface area (Å²) >= 11 is 0. The van der Waals surface area contributed by atoms with Gasteiger partial charge in [-0.25, -0.2) is 13.9 Å². The third kappa shape index (κ3) is 23.4. The van der Waals surface area contributed by atoms with Gasteiger partial charge in [-0.1, -0.05) is 159 Å². The molecule has 75 heavy (non-hydrogen) atoms. The number of imidazole rings is 1. The number of fused-ring (bicyclic) bond motifs is 1. The maximum absolute atomic E-state index is 16.5. The SMILES string of the molecule is CCCCCCCC/C=C\CCCCCCCOC(=O)CCc1ccccc1OP(=O)(N[C@@H](C)C(=O)OCCCCCCC/C=C\CCCCCCCC)OC[C@H]1O[C@@H](n2cnc3c(N)nc(N)nc32)[C@@](C)(F)[C@H]1O. The number of nitrogen functional groups attached to an aromatic ring is 2. The van der Waals surface area contributed by atoms with Gasteiger partial charge >= 0.3 is 19.7 Å². The van der Waals surface area contributed by atoms with Gasteiger partial charge in [-0.15, -0.1) is 0 Å². The maximum Gasteiger partial charge on any atom is 0.459 e. The second-order valence-corrected chi connectivity index (χ2v) is 22.0. The number of esters is 2. The zero-order valence-electron chi connectivity index (χ0n) is 45.9. The number of hydrogen-bond acceptors (Lipinski definition) is 14. The van der Waals surface area contributed by atoms with E-state index in [1.807, 2.05) is 0 Å². The highest BCUT2D eigenvalue weighted by molar-refractivity contribution is 7.52. The van der Waals surface area contributed by atoms with Crippen LogP contribution in [0.4, 0.5) is 16.2 Å². The number of anilines is 2. The van der Waals surface area contributed by atoms with Crippen molar-refractivity contribution < 1.29 is 46.9 Å². The molecule has 3 heterocycles. The minimum atomic E-state index is -4.56. The average Bonchev–Trinajstić information content (AvgIpc) is 3.90. The van der Waals surface area contributed by atoms with Crippen LogP contribution in [0.2, 0.25) is 0 Å². The number of rotatable bonds is 42. The van der Waals surface area contributed by atoms with E-state index in [4.69, 9.17) is 34.7 Å². The molecule has 1 saturated heterocycles. The normalized spacial score (nSPS) is 19.0. The van der Waals surface area contributed by atoms with Gasteiger partial charge in [0.15, 0.2) is 23.4 Å². The molecule has 1 unspecified atom stereocenters. The number of nitrogens with zero attached hydrogens (tertiary/aromatic N) is 4. The van der Waals surface area contributed by atoms with E-state index >= 15 is 4.39 Å². The monoisotopic (exact) mass is 1070 g/mol. The number of aliphatic hydroxyl groups is 1. The number of benzene rings is 1. The molecule has 1 aromatic carbocycles. The zero-order valence-corrected chi connectivity index (χ0v) is 46.8. The molecule has 18 heteroatoms. The number of ether oxygens (including phenoxy) is 3. The number of carbonyl (C=O) groups excluding carboxylic acids is 2. The standard InChI is InChI=1S/C57H93FN7O9P/c1-5-7-9-11-13-15-17-19-21-23-25-27-29-31-35-41-70-49(66)40-39-46-37-33-34-38-47(46)74-75(69,64-45(3)54(68)71-42-36-32-30-28-26-24-22-20-18-16-14-12-10-8-6-2)72-43-48-51(67)57(4,58)55(73-48)65-44-61-50-52(59)62-56(60)63-53(50)65/h19-22,33-34,37-38,44-45,48,51,55,67H,5-18,23-32,35-36,39-43H2,1-4H3,(H,64,69)(H4,59,60,62,63)/b21-19-,22-20-/t45-,48+,51-,55+,57-,75?/m0/s1. The van der Waals surface area contributed by atoms with Gasteiger partial charge < -0.3 is 35.3 Å². The number of hydrogen-bond donors (Lipinski definition) is 4. The van der Waals surface area contributed by atoms with E-state index in [0.717, 1.165) is 84.0 Å². The summed E-state index contributed by atoms with van der Waals surface area (Å²) in [7, 11) is -4.56. The fourth-order valence-electron chi connectivity index (χ4n) is 9.10. The molecule has 0 aliphatic carbocycles. The summed E-state index contributed by atoms with van der Waals surface area (Å²) < 4.78 is 61.7. The van der Waals surface area contributed by atoms with Crippen LogP contribution in [0.15, 0.2) is 54.9 Å². The fourth-order valence-corrected chi connectivity index (χ4v) is 10.6. The van der Waals surface area contributed by atoms with Crippen molar-refractivity contribution in [3.8, 4) is 5.75 Å². The number of allylic oxidation sites excluding steroid dienone is 4. The van der Waals surface area contributed by atoms with Crippen molar-refractivity contribution in [3.63, 3.8) is 0 Å². The number of aliphatic hydroxyl groups excluding tert-OH is 1. The van der Waals surface area contributed by atoms with Gasteiger partial charge in [-0.05, 0) is 96.1 Å². The lowest BCUT2D eigenvalue weighted by Crippen LogP contribution is -2.41. The van der Waals surface area contributed by atoms with E-state index in [1.165, 1.54) is 101 Å². The van der Waals surface area contributed by atoms with Crippen LogP contribution < -0.4 is 21.1 Å². The lowest BCUT2D eigenvalue weighted by molar-refractivity contribution is -0.145. The van der Waals surface area contributed by atoms with Crippen molar-refractivity contribution in [1.82, 2.24) is 24.6 Å². The lowest BCUT2D eigenvalue weighted by Gasteiger charge is -2.26. The van der Waals surface area contributed by atoms with Gasteiger partial charge in [-0.3, -0.25) is 18.7 Å². The summed E-state index contributed by atoms with van der Waals surface area (Å²) in [5.41, 5.74) is 10.1. The topological polar surface area (TPSA) is 225 Å². The minimum absolute atomic E-state index is 0.0226. The molecule has 6 atom stereocenters. The van der Waals surface area contributed by atoms with Crippen LogP contribution in [0.1, 0.15) is 213 Å². The highest BCUT2D eigenvalue weighted by Crippen LogP contribution is 2.49. The molecular formula is C57H93FN7O9P. The first-order valence-electron chi connectivity index (χ1n) is 28.5. The first kappa shape index (κ1) is 63.1. The highest BCUT2D eigenvalue weighted by Gasteiger charge is 2.56. The predicted molar refractivity (Wildman–Crippen MR) is 297 cm³/mol. The smallest absolute Gasteiger partial charge is 0.459 e. The molecule has 1 fully saturated rings. The van der Waals surface area contributed by atoms with Crippen molar-refractivity contribution in [2.24, 2.45) is 0 Å². The predicted octanol–water partition coefficient (Wildman–Crippen LogP) is 13.5. The molecule has 0 bridgehead atoms. The number of unbranched alkanes of at least 4 members (excludes halogenated alkanes) is 22. The van der Waals surface area contributed by atoms with E-state index in [0.29, 0.717) is 18.6 Å². The van der Waals surface area contributed by atoms with Gasteiger partial charge in [0.2, 0.25) is 5.95 Å². The number of carbonyl (C=O) groups is 2. The minimum Gasteiger partial charge on any atom is -0.466 e. The first-order chi connectivity index (χ1) is 36.3. The number of aryl methyl sites for hydroxylation is 1. The first-order valence-corrected chi connectivity index (χ1v) is 30.0. The van der Waals surface area contributed by atoms with Crippen LogP contribution in [-0.2, 0) is 39.3 Å². The summed E-state index contributed by atoms with van der Waals surface area (Å²) in [6.45, 7) is 6.96. The molecule has 1 aliphatic heterocycles. The van der Waals surface area contributed by atoms with Gasteiger partial charge in [-0.2, -0.15) is 15.1 Å². The molecular weight excluding hydrogens is 977 g/mol. The molecule has 2 aromatic heterocycles. The van der Waals surface area contributed by atoms with Crippen LogP contribution in [0, 0.1) is 0 Å². The molecule has 0 radical (unpaired) electrons. The van der Waals surface area contributed by atoms with Crippen molar-refractivity contribution in [2.75, 3.05) is 31.3 Å². The van der Waals surface area contributed by atoms with Crippen LogP contribution in [0.25, 0.3) is 11.2 Å². The van der Waals surface area contributed by atoms with Crippen molar-refractivity contribution in [2.45, 2.75) is 238 Å². The molecule has 6 N–H and O–H groups in total. The fraction of sp³-hybridized carbons (Fsp3) is 0.702. The summed E-state index contributed by atoms with van der Waals surface area (Å²) in [5, 5.41) is 14.0. The van der Waals surface area contributed by atoms with Gasteiger partial charge in [0, 0.05) is 6.42 Å². The largest absolute Gasteiger partial charge is 0.466 e. The third-order valence-electron chi connectivity index (χ3n) is 13.7. The van der Waals surface area contributed by atoms with Gasteiger partial charge in [0.05, 0.1) is 26.1 Å². The van der Waals surface area contributed by atoms with Crippen LogP contribution >= 0.6 is 7.75 Å². The quantitative estimate of drug-likeness (QED) is 0.0179. The summed E-state index contributed by atoms with van der Waals surface area (Å²) in [5.74, 6) is -1.13.